The fourth-order valence-corrected chi connectivity index (χ4v) is 4.76. The molecular weight excluding hydrogens is 456 g/mol. The number of para-hydroxylation sites is 1. The maximum Gasteiger partial charge on any atom is 0.271 e. The first-order valence-corrected chi connectivity index (χ1v) is 13.2. The number of ether oxygens (including phenoxy) is 1. The quantitative estimate of drug-likeness (QED) is 0.381. The van der Waals surface area contributed by atoms with Crippen molar-refractivity contribution in [2.24, 2.45) is 5.10 Å². The molecule has 0 aliphatic carbocycles. The van der Waals surface area contributed by atoms with Gasteiger partial charge in [-0.25, -0.2) is 5.43 Å². The molecular formula is C28H30N4O2S. The molecule has 3 aromatic carbocycles. The van der Waals surface area contributed by atoms with Crippen molar-refractivity contribution in [1.82, 2.24) is 10.3 Å². The zero-order valence-electron chi connectivity index (χ0n) is 19.7. The predicted octanol–water partition coefficient (Wildman–Crippen LogP) is 4.27. The van der Waals surface area contributed by atoms with Crippen LogP contribution >= 0.6 is 11.8 Å². The van der Waals surface area contributed by atoms with Crippen molar-refractivity contribution in [3.63, 3.8) is 0 Å². The van der Waals surface area contributed by atoms with Gasteiger partial charge in [0.1, 0.15) is 11.9 Å². The second-order valence-electron chi connectivity index (χ2n) is 8.84. The number of carbonyl (C=O) groups is 1. The summed E-state index contributed by atoms with van der Waals surface area (Å²) in [6.45, 7) is 4.99. The highest BCUT2D eigenvalue weighted by atomic mass is 32.2. The first kappa shape index (κ1) is 23.5. The Balaban J connectivity index is 1.08. The molecule has 0 saturated carbocycles. The van der Waals surface area contributed by atoms with E-state index in [4.69, 9.17) is 4.74 Å². The Kier molecular flexibility index (Phi) is 7.66. The monoisotopic (exact) mass is 486 g/mol. The van der Waals surface area contributed by atoms with Gasteiger partial charge in [0.25, 0.3) is 5.91 Å². The van der Waals surface area contributed by atoms with Crippen LogP contribution in [0, 0.1) is 0 Å². The van der Waals surface area contributed by atoms with Crippen molar-refractivity contribution in [3.05, 3.63) is 95.6 Å². The van der Waals surface area contributed by atoms with Gasteiger partial charge in [0.15, 0.2) is 0 Å². The van der Waals surface area contributed by atoms with Crippen molar-refractivity contribution in [2.45, 2.75) is 12.6 Å². The lowest BCUT2D eigenvalue weighted by molar-refractivity contribution is 0.0955. The molecule has 1 amide bonds. The summed E-state index contributed by atoms with van der Waals surface area (Å²) in [6, 6.07) is 26.1. The Hall–Kier alpha value is -3.29. The number of rotatable bonds is 8. The lowest BCUT2D eigenvalue weighted by atomic mass is 10.1. The molecule has 1 N–H and O–H groups in total. The SMILES string of the molecule is O=C(N/N=C\c1cccc(OC2CSC2)c1)c1ccc(CN2CCN(c3ccccc3)CC2)cc1. The van der Waals surface area contributed by atoms with E-state index in [0.29, 0.717) is 11.7 Å². The van der Waals surface area contributed by atoms with E-state index in [-0.39, 0.29) is 5.91 Å². The Morgan fingerprint density at radius 1 is 0.971 bits per heavy atom. The summed E-state index contributed by atoms with van der Waals surface area (Å²) in [5, 5.41) is 4.12. The van der Waals surface area contributed by atoms with E-state index in [1.165, 1.54) is 11.3 Å². The number of anilines is 1. The van der Waals surface area contributed by atoms with Crippen molar-refractivity contribution < 1.29 is 9.53 Å². The third-order valence-electron chi connectivity index (χ3n) is 6.26. The lowest BCUT2D eigenvalue weighted by Crippen LogP contribution is -2.45. The number of benzene rings is 3. The van der Waals surface area contributed by atoms with E-state index in [0.717, 1.165) is 55.5 Å². The largest absolute Gasteiger partial charge is 0.489 e. The molecule has 0 atom stereocenters. The molecule has 7 heteroatoms. The summed E-state index contributed by atoms with van der Waals surface area (Å²) >= 11 is 1.89. The van der Waals surface area contributed by atoms with Gasteiger partial charge in [0, 0.05) is 55.5 Å². The van der Waals surface area contributed by atoms with E-state index in [1.54, 1.807) is 6.21 Å². The Morgan fingerprint density at radius 2 is 1.74 bits per heavy atom. The molecule has 2 fully saturated rings. The molecule has 2 heterocycles. The van der Waals surface area contributed by atoms with Crippen molar-refractivity contribution in [2.75, 3.05) is 42.6 Å². The molecule has 0 radical (unpaired) electrons. The number of piperazine rings is 1. The summed E-state index contributed by atoms with van der Waals surface area (Å²) in [4.78, 5) is 17.4. The summed E-state index contributed by atoms with van der Waals surface area (Å²) < 4.78 is 5.90. The summed E-state index contributed by atoms with van der Waals surface area (Å²) in [6.07, 6.45) is 1.94. The topological polar surface area (TPSA) is 57.2 Å². The molecule has 35 heavy (non-hydrogen) atoms. The predicted molar refractivity (Wildman–Crippen MR) is 144 cm³/mol. The van der Waals surface area contributed by atoms with E-state index in [1.807, 2.05) is 60.3 Å². The van der Waals surface area contributed by atoms with E-state index in [9.17, 15) is 4.79 Å². The number of hydrazone groups is 1. The highest BCUT2D eigenvalue weighted by molar-refractivity contribution is 8.00. The number of hydrogen-bond acceptors (Lipinski definition) is 6. The first-order valence-electron chi connectivity index (χ1n) is 12.0. The number of amides is 1. The molecule has 0 bridgehead atoms. The minimum absolute atomic E-state index is 0.219. The molecule has 2 aliphatic rings. The third kappa shape index (κ3) is 6.44. The minimum Gasteiger partial charge on any atom is -0.489 e. The van der Waals surface area contributed by atoms with Gasteiger partial charge < -0.3 is 9.64 Å². The lowest BCUT2D eigenvalue weighted by Gasteiger charge is -2.36. The maximum absolute atomic E-state index is 12.5. The zero-order valence-corrected chi connectivity index (χ0v) is 20.5. The molecule has 3 aromatic rings. The average molecular weight is 487 g/mol. The van der Waals surface area contributed by atoms with Crippen molar-refractivity contribution >= 4 is 29.6 Å². The standard InChI is InChI=1S/C28H30N4O2S/c33-28(30-29-18-23-5-4-8-26(17-23)34-27-20-35-21-27)24-11-9-22(10-12-24)19-31-13-15-32(16-14-31)25-6-2-1-3-7-25/h1-12,17-18,27H,13-16,19-21H2,(H,30,33)/b29-18-. The third-order valence-corrected chi connectivity index (χ3v) is 7.48. The molecule has 0 spiro atoms. The van der Waals surface area contributed by atoms with Crippen LogP contribution in [0.1, 0.15) is 21.5 Å². The minimum atomic E-state index is -0.219. The fraction of sp³-hybridized carbons (Fsp3) is 0.286. The van der Waals surface area contributed by atoms with Crippen LogP contribution in [0.25, 0.3) is 0 Å². The Morgan fingerprint density at radius 3 is 2.46 bits per heavy atom. The smallest absolute Gasteiger partial charge is 0.271 e. The van der Waals surface area contributed by atoms with E-state index >= 15 is 0 Å². The van der Waals surface area contributed by atoms with Gasteiger partial charge in [-0.1, -0.05) is 42.5 Å². The van der Waals surface area contributed by atoms with Crippen molar-refractivity contribution in [3.8, 4) is 5.75 Å². The van der Waals surface area contributed by atoms with Crippen LogP contribution in [0.5, 0.6) is 5.75 Å². The Bertz CT molecular complexity index is 1140. The second-order valence-corrected chi connectivity index (χ2v) is 9.92. The van der Waals surface area contributed by atoms with Crippen LogP contribution in [0.3, 0.4) is 0 Å². The molecule has 2 aliphatic heterocycles. The summed E-state index contributed by atoms with van der Waals surface area (Å²) in [5.74, 6) is 2.70. The Labute approximate surface area is 211 Å². The zero-order chi connectivity index (χ0) is 23.9. The van der Waals surface area contributed by atoms with Gasteiger partial charge in [-0.2, -0.15) is 16.9 Å². The second kappa shape index (κ2) is 11.4. The van der Waals surface area contributed by atoms with Gasteiger partial charge in [-0.3, -0.25) is 9.69 Å². The van der Waals surface area contributed by atoms with Crippen molar-refractivity contribution in [1.29, 1.82) is 0 Å². The van der Waals surface area contributed by atoms with E-state index < -0.39 is 0 Å². The van der Waals surface area contributed by atoms with Crippen LogP contribution in [0.2, 0.25) is 0 Å². The molecule has 0 aromatic heterocycles. The maximum atomic E-state index is 12.5. The number of carbonyl (C=O) groups excluding carboxylic acids is 1. The average Bonchev–Trinajstić information content (AvgIpc) is 2.88. The molecule has 0 unspecified atom stereocenters. The van der Waals surface area contributed by atoms with Crippen LogP contribution < -0.4 is 15.1 Å². The molecule has 180 valence electrons. The number of hydrogen-bond donors (Lipinski definition) is 1. The van der Waals surface area contributed by atoms with Crippen LogP contribution in [-0.2, 0) is 6.54 Å². The van der Waals surface area contributed by atoms with Gasteiger partial charge in [-0.05, 0) is 47.5 Å². The summed E-state index contributed by atoms with van der Waals surface area (Å²) in [7, 11) is 0. The summed E-state index contributed by atoms with van der Waals surface area (Å²) in [5.41, 5.74) is 6.60. The normalized spacial score (nSPS) is 16.7. The molecule has 2 saturated heterocycles. The number of nitrogens with zero attached hydrogens (tertiary/aromatic N) is 3. The molecule has 5 rings (SSSR count). The van der Waals surface area contributed by atoms with Crippen LogP contribution in [0.4, 0.5) is 5.69 Å². The molecule has 6 nitrogen and oxygen atoms in total. The number of nitrogens with one attached hydrogen (secondary N) is 1. The highest BCUT2D eigenvalue weighted by Gasteiger charge is 2.20. The van der Waals surface area contributed by atoms with Gasteiger partial charge in [-0.15, -0.1) is 0 Å². The van der Waals surface area contributed by atoms with Gasteiger partial charge in [0.05, 0.1) is 6.21 Å². The van der Waals surface area contributed by atoms with Gasteiger partial charge >= 0.3 is 0 Å². The first-order chi connectivity index (χ1) is 17.2. The highest BCUT2D eigenvalue weighted by Crippen LogP contribution is 2.24. The van der Waals surface area contributed by atoms with E-state index in [2.05, 4.69) is 50.7 Å². The number of thioether (sulfide) groups is 1. The van der Waals surface area contributed by atoms with Gasteiger partial charge in [0.2, 0.25) is 0 Å². The van der Waals surface area contributed by atoms with Crippen LogP contribution in [-0.4, -0.2) is 60.8 Å². The van der Waals surface area contributed by atoms with Crippen LogP contribution in [0.15, 0.2) is 84.0 Å². The fourth-order valence-electron chi connectivity index (χ4n) is 4.20.